The van der Waals surface area contributed by atoms with Gasteiger partial charge in [-0.1, -0.05) is 6.92 Å². The molecule has 2 atom stereocenters. The second-order valence-electron chi connectivity index (χ2n) is 6.25. The molecule has 1 rings (SSSR count). The summed E-state index contributed by atoms with van der Waals surface area (Å²) in [5.74, 6) is -0.223. The van der Waals surface area contributed by atoms with Gasteiger partial charge in [0.1, 0.15) is 5.60 Å². The standard InChI is InChI=1S/C15H28N2O4/c1-6-17-9-8-11(12(17)10-13(18)20-7-2)16-14(19)21-15(3,4)5/h11-12H,6-10H2,1-5H3,(H,16,19)/t11-,12-/m1/s1. The minimum absolute atomic E-state index is 0.0263. The Morgan fingerprint density at radius 2 is 1.95 bits per heavy atom. The molecule has 1 aliphatic rings. The van der Waals surface area contributed by atoms with Crippen molar-refractivity contribution in [3.05, 3.63) is 0 Å². The summed E-state index contributed by atoms with van der Waals surface area (Å²) >= 11 is 0. The molecule has 0 unspecified atom stereocenters. The first kappa shape index (κ1) is 17.8. The number of ether oxygens (including phenoxy) is 2. The highest BCUT2D eigenvalue weighted by Gasteiger charge is 2.36. The van der Waals surface area contributed by atoms with Crippen LogP contribution in [0, 0.1) is 0 Å². The normalized spacial score (nSPS) is 22.9. The third kappa shape index (κ3) is 5.91. The van der Waals surface area contributed by atoms with Gasteiger partial charge >= 0.3 is 12.1 Å². The molecule has 0 saturated carbocycles. The molecule has 122 valence electrons. The zero-order valence-electron chi connectivity index (χ0n) is 13.8. The van der Waals surface area contributed by atoms with E-state index in [0.717, 1.165) is 19.5 Å². The summed E-state index contributed by atoms with van der Waals surface area (Å²) in [7, 11) is 0. The fourth-order valence-corrected chi connectivity index (χ4v) is 2.60. The first-order valence-electron chi connectivity index (χ1n) is 7.66. The van der Waals surface area contributed by atoms with Crippen LogP contribution in [0.1, 0.15) is 47.5 Å². The Kier molecular flexibility index (Phi) is 6.45. The van der Waals surface area contributed by atoms with Gasteiger partial charge < -0.3 is 14.8 Å². The molecule has 1 fully saturated rings. The SMILES string of the molecule is CCOC(=O)C[C@@H]1[C@H](NC(=O)OC(C)(C)C)CCN1CC. The smallest absolute Gasteiger partial charge is 0.407 e. The molecule has 1 saturated heterocycles. The van der Waals surface area contributed by atoms with Gasteiger partial charge in [0.2, 0.25) is 0 Å². The second kappa shape index (κ2) is 7.64. The Morgan fingerprint density at radius 3 is 2.48 bits per heavy atom. The number of nitrogens with one attached hydrogen (secondary N) is 1. The van der Waals surface area contributed by atoms with E-state index in [1.807, 2.05) is 27.7 Å². The monoisotopic (exact) mass is 300 g/mol. The topological polar surface area (TPSA) is 67.9 Å². The molecule has 0 aromatic carbocycles. The summed E-state index contributed by atoms with van der Waals surface area (Å²) in [6.45, 7) is 11.4. The molecule has 0 bridgehead atoms. The van der Waals surface area contributed by atoms with Crippen LogP contribution in [0.4, 0.5) is 4.79 Å². The third-order valence-electron chi connectivity index (χ3n) is 3.45. The molecule has 1 heterocycles. The number of carbonyl (C=O) groups is 2. The van der Waals surface area contributed by atoms with Crippen LogP contribution in [0.25, 0.3) is 0 Å². The molecule has 1 aliphatic heterocycles. The van der Waals surface area contributed by atoms with Crippen molar-refractivity contribution in [3.8, 4) is 0 Å². The molecule has 1 N–H and O–H groups in total. The summed E-state index contributed by atoms with van der Waals surface area (Å²) in [4.78, 5) is 25.8. The van der Waals surface area contributed by atoms with E-state index < -0.39 is 11.7 Å². The van der Waals surface area contributed by atoms with Crippen LogP contribution in [0.5, 0.6) is 0 Å². The highest BCUT2D eigenvalue weighted by Crippen LogP contribution is 2.21. The number of likely N-dealkylation sites (N-methyl/N-ethyl adjacent to an activating group) is 1. The number of amides is 1. The van der Waals surface area contributed by atoms with E-state index in [9.17, 15) is 9.59 Å². The highest BCUT2D eigenvalue weighted by molar-refractivity contribution is 5.71. The van der Waals surface area contributed by atoms with Gasteiger partial charge in [0.25, 0.3) is 0 Å². The van der Waals surface area contributed by atoms with E-state index in [1.165, 1.54) is 0 Å². The zero-order valence-corrected chi connectivity index (χ0v) is 13.8. The van der Waals surface area contributed by atoms with Gasteiger partial charge in [-0.2, -0.15) is 0 Å². The quantitative estimate of drug-likeness (QED) is 0.786. The van der Waals surface area contributed by atoms with E-state index in [-0.39, 0.29) is 18.1 Å². The molecule has 6 nitrogen and oxygen atoms in total. The maximum Gasteiger partial charge on any atom is 0.407 e. The maximum atomic E-state index is 11.9. The van der Waals surface area contributed by atoms with E-state index in [2.05, 4.69) is 10.2 Å². The minimum atomic E-state index is -0.524. The van der Waals surface area contributed by atoms with Crippen molar-refractivity contribution in [2.75, 3.05) is 19.7 Å². The van der Waals surface area contributed by atoms with Crippen LogP contribution in [0.2, 0.25) is 0 Å². The molecule has 6 heteroatoms. The fraction of sp³-hybridized carbons (Fsp3) is 0.867. The van der Waals surface area contributed by atoms with Gasteiger partial charge in [-0.3, -0.25) is 9.69 Å². The van der Waals surface area contributed by atoms with Crippen LogP contribution in [-0.4, -0.2) is 54.3 Å². The van der Waals surface area contributed by atoms with Crippen molar-refractivity contribution in [2.24, 2.45) is 0 Å². The predicted octanol–water partition coefficient (Wildman–Crippen LogP) is 1.93. The number of likely N-dealkylation sites (tertiary alicyclic amines) is 1. The molecular weight excluding hydrogens is 272 g/mol. The van der Waals surface area contributed by atoms with E-state index in [0.29, 0.717) is 13.0 Å². The molecule has 1 amide bonds. The third-order valence-corrected chi connectivity index (χ3v) is 3.45. The van der Waals surface area contributed by atoms with E-state index in [1.54, 1.807) is 6.92 Å². The predicted molar refractivity (Wildman–Crippen MR) is 80.1 cm³/mol. The number of rotatable bonds is 5. The average Bonchev–Trinajstić information content (AvgIpc) is 2.69. The largest absolute Gasteiger partial charge is 0.466 e. The van der Waals surface area contributed by atoms with Gasteiger partial charge in [-0.05, 0) is 40.7 Å². The summed E-state index contributed by atoms with van der Waals surface area (Å²) in [6.07, 6.45) is 0.679. The van der Waals surface area contributed by atoms with Crippen molar-refractivity contribution in [1.82, 2.24) is 10.2 Å². The molecule has 0 aromatic heterocycles. The van der Waals surface area contributed by atoms with Crippen molar-refractivity contribution in [2.45, 2.75) is 65.1 Å². The van der Waals surface area contributed by atoms with Gasteiger partial charge in [0.05, 0.1) is 13.0 Å². The Labute approximate surface area is 127 Å². The van der Waals surface area contributed by atoms with E-state index in [4.69, 9.17) is 9.47 Å². The number of nitrogens with zero attached hydrogens (tertiary/aromatic N) is 1. The summed E-state index contributed by atoms with van der Waals surface area (Å²) in [6, 6.07) is -0.106. The van der Waals surface area contributed by atoms with Crippen molar-refractivity contribution in [1.29, 1.82) is 0 Å². The van der Waals surface area contributed by atoms with Crippen LogP contribution < -0.4 is 5.32 Å². The molecule has 21 heavy (non-hydrogen) atoms. The zero-order chi connectivity index (χ0) is 16.0. The lowest BCUT2D eigenvalue weighted by molar-refractivity contribution is -0.144. The lowest BCUT2D eigenvalue weighted by atomic mass is 10.1. The van der Waals surface area contributed by atoms with Gasteiger partial charge in [0.15, 0.2) is 0 Å². The Hall–Kier alpha value is -1.30. The van der Waals surface area contributed by atoms with Gasteiger partial charge in [0, 0.05) is 18.6 Å². The first-order valence-corrected chi connectivity index (χ1v) is 7.66. The summed E-state index contributed by atoms with van der Waals surface area (Å²) in [5.41, 5.74) is -0.524. The molecule has 0 spiro atoms. The lowest BCUT2D eigenvalue weighted by Gasteiger charge is -2.28. The highest BCUT2D eigenvalue weighted by atomic mass is 16.6. The van der Waals surface area contributed by atoms with Crippen molar-refractivity contribution >= 4 is 12.1 Å². The molecule has 0 radical (unpaired) electrons. The number of esters is 1. The summed E-state index contributed by atoms with van der Waals surface area (Å²) in [5, 5.41) is 2.89. The van der Waals surface area contributed by atoms with Gasteiger partial charge in [-0.25, -0.2) is 4.79 Å². The van der Waals surface area contributed by atoms with Gasteiger partial charge in [-0.15, -0.1) is 0 Å². The van der Waals surface area contributed by atoms with Crippen molar-refractivity contribution < 1.29 is 19.1 Å². The Balaban J connectivity index is 2.62. The minimum Gasteiger partial charge on any atom is -0.466 e. The molecular formula is C15H28N2O4. The Bertz CT molecular complexity index is 365. The molecule has 0 aliphatic carbocycles. The second-order valence-corrected chi connectivity index (χ2v) is 6.25. The lowest BCUT2D eigenvalue weighted by Crippen LogP contribution is -2.47. The Morgan fingerprint density at radius 1 is 1.29 bits per heavy atom. The van der Waals surface area contributed by atoms with Crippen LogP contribution >= 0.6 is 0 Å². The van der Waals surface area contributed by atoms with Crippen molar-refractivity contribution in [3.63, 3.8) is 0 Å². The average molecular weight is 300 g/mol. The number of alkyl carbamates (subject to hydrolysis) is 1. The van der Waals surface area contributed by atoms with Crippen LogP contribution in [0.15, 0.2) is 0 Å². The molecule has 0 aromatic rings. The van der Waals surface area contributed by atoms with Crippen LogP contribution in [0.3, 0.4) is 0 Å². The van der Waals surface area contributed by atoms with E-state index >= 15 is 0 Å². The fourth-order valence-electron chi connectivity index (χ4n) is 2.60. The van der Waals surface area contributed by atoms with Crippen LogP contribution in [-0.2, 0) is 14.3 Å². The number of hydrogen-bond acceptors (Lipinski definition) is 5. The maximum absolute atomic E-state index is 11.9. The number of carbonyl (C=O) groups excluding carboxylic acids is 2. The summed E-state index contributed by atoms with van der Waals surface area (Å²) < 4.78 is 10.3. The number of hydrogen-bond donors (Lipinski definition) is 1. The first-order chi connectivity index (χ1) is 9.76.